The van der Waals surface area contributed by atoms with E-state index in [1.54, 1.807) is 6.20 Å². The average Bonchev–Trinajstić information content (AvgIpc) is 2.46. The van der Waals surface area contributed by atoms with Crippen LogP contribution in [0, 0.1) is 0 Å². The van der Waals surface area contributed by atoms with Gasteiger partial charge in [0.2, 0.25) is 5.95 Å². The maximum atomic E-state index is 6.12. The standard InChI is InChI=1S/C15H20ClN5/c1-21(2)11-5-9-17-15-18-10-8-14(20-15)19-13-7-4-3-6-12(13)16/h3-4,6-8,10H,5,9,11H2,1-2H3,(H2,17,18,19,20). The minimum Gasteiger partial charge on any atom is -0.354 e. The molecule has 2 rings (SSSR count). The molecule has 112 valence electrons. The largest absolute Gasteiger partial charge is 0.354 e. The Kier molecular flexibility index (Phi) is 5.78. The summed E-state index contributed by atoms with van der Waals surface area (Å²) in [6, 6.07) is 9.38. The van der Waals surface area contributed by atoms with Gasteiger partial charge in [-0.05, 0) is 45.3 Å². The fourth-order valence-corrected chi connectivity index (χ4v) is 1.99. The van der Waals surface area contributed by atoms with Crippen molar-refractivity contribution in [3.63, 3.8) is 0 Å². The van der Waals surface area contributed by atoms with Gasteiger partial charge in [0.1, 0.15) is 5.82 Å². The Morgan fingerprint density at radius 2 is 2.00 bits per heavy atom. The summed E-state index contributed by atoms with van der Waals surface area (Å²) < 4.78 is 0. The van der Waals surface area contributed by atoms with Crippen LogP contribution >= 0.6 is 11.6 Å². The van der Waals surface area contributed by atoms with E-state index >= 15 is 0 Å². The van der Waals surface area contributed by atoms with Crippen LogP contribution in [0.3, 0.4) is 0 Å². The Bertz CT molecular complexity index is 573. The van der Waals surface area contributed by atoms with Crippen molar-refractivity contribution in [1.29, 1.82) is 0 Å². The van der Waals surface area contributed by atoms with Gasteiger partial charge in [-0.1, -0.05) is 23.7 Å². The van der Waals surface area contributed by atoms with E-state index in [9.17, 15) is 0 Å². The van der Waals surface area contributed by atoms with Gasteiger partial charge in [0.25, 0.3) is 0 Å². The van der Waals surface area contributed by atoms with Crippen LogP contribution in [0.5, 0.6) is 0 Å². The zero-order chi connectivity index (χ0) is 15.1. The summed E-state index contributed by atoms with van der Waals surface area (Å²) >= 11 is 6.12. The number of halogens is 1. The number of nitrogens with one attached hydrogen (secondary N) is 2. The lowest BCUT2D eigenvalue weighted by Gasteiger charge is -2.11. The fraction of sp³-hybridized carbons (Fsp3) is 0.333. The summed E-state index contributed by atoms with van der Waals surface area (Å²) in [6.07, 6.45) is 2.76. The van der Waals surface area contributed by atoms with Gasteiger partial charge in [0, 0.05) is 12.7 Å². The molecule has 2 aromatic rings. The molecule has 0 saturated carbocycles. The molecule has 21 heavy (non-hydrogen) atoms. The Labute approximate surface area is 130 Å². The molecule has 2 N–H and O–H groups in total. The first-order valence-electron chi connectivity index (χ1n) is 6.88. The number of hydrogen-bond donors (Lipinski definition) is 2. The summed E-state index contributed by atoms with van der Waals surface area (Å²) in [5, 5.41) is 7.07. The zero-order valence-electron chi connectivity index (χ0n) is 12.3. The van der Waals surface area contributed by atoms with Crippen LogP contribution in [-0.2, 0) is 0 Å². The Balaban J connectivity index is 1.93. The van der Waals surface area contributed by atoms with Crippen LogP contribution in [0.15, 0.2) is 36.5 Å². The van der Waals surface area contributed by atoms with E-state index in [1.807, 2.05) is 30.3 Å². The van der Waals surface area contributed by atoms with Crippen molar-refractivity contribution in [2.45, 2.75) is 6.42 Å². The number of nitrogens with zero attached hydrogens (tertiary/aromatic N) is 3. The minimum atomic E-state index is 0.616. The van der Waals surface area contributed by atoms with Crippen molar-refractivity contribution >= 4 is 29.1 Å². The highest BCUT2D eigenvalue weighted by Crippen LogP contribution is 2.23. The number of anilines is 3. The molecule has 0 aliphatic heterocycles. The van der Waals surface area contributed by atoms with Crippen molar-refractivity contribution < 1.29 is 0 Å². The van der Waals surface area contributed by atoms with E-state index in [1.165, 1.54) is 0 Å². The lowest BCUT2D eigenvalue weighted by Crippen LogP contribution is -2.17. The zero-order valence-corrected chi connectivity index (χ0v) is 13.1. The summed E-state index contributed by atoms with van der Waals surface area (Å²) in [6.45, 7) is 1.87. The molecule has 0 bridgehead atoms. The number of rotatable bonds is 7. The highest BCUT2D eigenvalue weighted by Gasteiger charge is 2.02. The lowest BCUT2D eigenvalue weighted by molar-refractivity contribution is 0.405. The summed E-state index contributed by atoms with van der Waals surface area (Å²) in [7, 11) is 4.12. The average molecular weight is 306 g/mol. The molecule has 0 radical (unpaired) electrons. The van der Waals surface area contributed by atoms with Crippen LogP contribution < -0.4 is 10.6 Å². The number of benzene rings is 1. The molecule has 1 heterocycles. The van der Waals surface area contributed by atoms with E-state index in [2.05, 4.69) is 39.6 Å². The van der Waals surface area contributed by atoms with Crippen molar-refractivity contribution in [2.75, 3.05) is 37.8 Å². The van der Waals surface area contributed by atoms with E-state index < -0.39 is 0 Å². The first-order valence-corrected chi connectivity index (χ1v) is 7.26. The van der Waals surface area contributed by atoms with Crippen LogP contribution in [-0.4, -0.2) is 42.1 Å². The van der Waals surface area contributed by atoms with Crippen molar-refractivity contribution in [2.24, 2.45) is 0 Å². The Morgan fingerprint density at radius 1 is 1.19 bits per heavy atom. The van der Waals surface area contributed by atoms with Gasteiger partial charge >= 0.3 is 0 Å². The molecule has 0 aliphatic carbocycles. The molecule has 0 fully saturated rings. The van der Waals surface area contributed by atoms with E-state index in [0.29, 0.717) is 16.8 Å². The molecule has 0 spiro atoms. The van der Waals surface area contributed by atoms with Gasteiger partial charge in [0.05, 0.1) is 10.7 Å². The van der Waals surface area contributed by atoms with Crippen LogP contribution in [0.1, 0.15) is 6.42 Å². The molecule has 6 heteroatoms. The molecular formula is C15H20ClN5. The number of para-hydroxylation sites is 1. The highest BCUT2D eigenvalue weighted by atomic mass is 35.5. The maximum absolute atomic E-state index is 6.12. The third-order valence-electron chi connectivity index (χ3n) is 2.86. The second-order valence-electron chi connectivity index (χ2n) is 4.95. The third-order valence-corrected chi connectivity index (χ3v) is 3.19. The van der Waals surface area contributed by atoms with Gasteiger partial charge in [-0.2, -0.15) is 4.98 Å². The molecule has 0 aliphatic rings. The van der Waals surface area contributed by atoms with Gasteiger partial charge in [-0.15, -0.1) is 0 Å². The highest BCUT2D eigenvalue weighted by molar-refractivity contribution is 6.33. The molecule has 0 saturated heterocycles. The Morgan fingerprint density at radius 3 is 2.76 bits per heavy atom. The molecule has 0 amide bonds. The SMILES string of the molecule is CN(C)CCCNc1nccc(Nc2ccccc2Cl)n1. The lowest BCUT2D eigenvalue weighted by atomic mass is 10.3. The maximum Gasteiger partial charge on any atom is 0.224 e. The van der Waals surface area contributed by atoms with Crippen molar-refractivity contribution in [1.82, 2.24) is 14.9 Å². The topological polar surface area (TPSA) is 53.1 Å². The summed E-state index contributed by atoms with van der Waals surface area (Å²) in [4.78, 5) is 10.8. The Hall–Kier alpha value is -1.85. The molecule has 0 unspecified atom stereocenters. The summed E-state index contributed by atoms with van der Waals surface area (Å²) in [5.74, 6) is 1.33. The second kappa shape index (κ2) is 7.81. The van der Waals surface area contributed by atoms with Gasteiger partial charge in [0.15, 0.2) is 0 Å². The quantitative estimate of drug-likeness (QED) is 0.769. The van der Waals surface area contributed by atoms with E-state index in [4.69, 9.17) is 11.6 Å². The van der Waals surface area contributed by atoms with E-state index in [0.717, 1.165) is 25.2 Å². The van der Waals surface area contributed by atoms with Gasteiger partial charge < -0.3 is 15.5 Å². The molecule has 1 aromatic carbocycles. The van der Waals surface area contributed by atoms with Crippen LogP contribution in [0.25, 0.3) is 0 Å². The van der Waals surface area contributed by atoms with Crippen molar-refractivity contribution in [3.05, 3.63) is 41.6 Å². The summed E-state index contributed by atoms with van der Waals surface area (Å²) in [5.41, 5.74) is 0.830. The number of hydrogen-bond acceptors (Lipinski definition) is 5. The van der Waals surface area contributed by atoms with Gasteiger partial charge in [-0.3, -0.25) is 0 Å². The van der Waals surface area contributed by atoms with Crippen LogP contribution in [0.2, 0.25) is 5.02 Å². The van der Waals surface area contributed by atoms with Crippen molar-refractivity contribution in [3.8, 4) is 0 Å². The monoisotopic (exact) mass is 305 g/mol. The number of aromatic nitrogens is 2. The second-order valence-corrected chi connectivity index (χ2v) is 5.36. The predicted octanol–water partition coefficient (Wildman–Crippen LogP) is 3.24. The first kappa shape index (κ1) is 15.5. The minimum absolute atomic E-state index is 0.616. The predicted molar refractivity (Wildman–Crippen MR) is 88.4 cm³/mol. The van der Waals surface area contributed by atoms with Gasteiger partial charge in [-0.25, -0.2) is 4.98 Å². The molecule has 5 nitrogen and oxygen atoms in total. The van der Waals surface area contributed by atoms with Crippen LogP contribution in [0.4, 0.5) is 17.5 Å². The smallest absolute Gasteiger partial charge is 0.224 e. The normalized spacial score (nSPS) is 10.7. The molecular weight excluding hydrogens is 286 g/mol. The first-order chi connectivity index (χ1) is 10.1. The molecule has 1 aromatic heterocycles. The third kappa shape index (κ3) is 5.21. The fourth-order valence-electron chi connectivity index (χ4n) is 1.81. The molecule has 0 atom stereocenters. The van der Waals surface area contributed by atoms with E-state index in [-0.39, 0.29) is 0 Å².